The van der Waals surface area contributed by atoms with E-state index in [1.54, 1.807) is 55.5 Å². The molecular formula is C23H20ClF3N2O. The predicted molar refractivity (Wildman–Crippen MR) is 113 cm³/mol. The SMILES string of the molecule is CC(NCc1cccc(NC(=O)c2ccccc2Cl)c1)c1cccc(C(F)(F)F)c1. The van der Waals surface area contributed by atoms with E-state index >= 15 is 0 Å². The molecule has 2 N–H and O–H groups in total. The van der Waals surface area contributed by atoms with Gasteiger partial charge in [-0.15, -0.1) is 0 Å². The number of carbonyl (C=O) groups is 1. The molecule has 0 saturated heterocycles. The summed E-state index contributed by atoms with van der Waals surface area (Å²) < 4.78 is 38.7. The highest BCUT2D eigenvalue weighted by atomic mass is 35.5. The van der Waals surface area contributed by atoms with E-state index in [0.29, 0.717) is 28.4 Å². The van der Waals surface area contributed by atoms with Gasteiger partial charge in [-0.05, 0) is 54.4 Å². The van der Waals surface area contributed by atoms with Gasteiger partial charge in [-0.25, -0.2) is 0 Å². The Morgan fingerprint density at radius 2 is 1.73 bits per heavy atom. The number of hydrogen-bond acceptors (Lipinski definition) is 2. The first kappa shape index (κ1) is 21.9. The molecule has 0 aliphatic heterocycles. The average molecular weight is 433 g/mol. The van der Waals surface area contributed by atoms with Crippen molar-refractivity contribution < 1.29 is 18.0 Å². The van der Waals surface area contributed by atoms with Crippen LogP contribution in [-0.4, -0.2) is 5.91 Å². The highest BCUT2D eigenvalue weighted by Gasteiger charge is 2.30. The van der Waals surface area contributed by atoms with Gasteiger partial charge in [-0.3, -0.25) is 4.79 Å². The Balaban J connectivity index is 1.64. The zero-order valence-corrected chi connectivity index (χ0v) is 16.9. The molecule has 3 aromatic rings. The van der Waals surface area contributed by atoms with Crippen molar-refractivity contribution in [2.75, 3.05) is 5.32 Å². The van der Waals surface area contributed by atoms with E-state index in [1.165, 1.54) is 6.07 Å². The van der Waals surface area contributed by atoms with Gasteiger partial charge in [0.2, 0.25) is 0 Å². The van der Waals surface area contributed by atoms with Crippen LogP contribution in [0.1, 0.15) is 40.0 Å². The van der Waals surface area contributed by atoms with Crippen LogP contribution in [0, 0.1) is 0 Å². The fraction of sp³-hybridized carbons (Fsp3) is 0.174. The zero-order valence-electron chi connectivity index (χ0n) is 16.1. The summed E-state index contributed by atoms with van der Waals surface area (Å²) in [5.41, 5.74) is 1.74. The van der Waals surface area contributed by atoms with Crippen LogP contribution in [0.4, 0.5) is 18.9 Å². The molecule has 3 aromatic carbocycles. The molecule has 0 spiro atoms. The number of benzene rings is 3. The van der Waals surface area contributed by atoms with Crippen molar-refractivity contribution in [3.8, 4) is 0 Å². The van der Waals surface area contributed by atoms with Crippen molar-refractivity contribution in [1.82, 2.24) is 5.32 Å². The predicted octanol–water partition coefficient (Wildman–Crippen LogP) is 6.46. The first-order chi connectivity index (χ1) is 14.2. The third kappa shape index (κ3) is 5.62. The van der Waals surface area contributed by atoms with E-state index < -0.39 is 11.7 Å². The summed E-state index contributed by atoms with van der Waals surface area (Å²) in [6.07, 6.45) is -4.37. The summed E-state index contributed by atoms with van der Waals surface area (Å²) in [5, 5.41) is 6.38. The van der Waals surface area contributed by atoms with Gasteiger partial charge in [-0.1, -0.05) is 48.0 Å². The number of carbonyl (C=O) groups excluding carboxylic acids is 1. The highest BCUT2D eigenvalue weighted by molar-refractivity contribution is 6.34. The molecular weight excluding hydrogens is 413 g/mol. The van der Waals surface area contributed by atoms with Gasteiger partial charge < -0.3 is 10.6 Å². The van der Waals surface area contributed by atoms with Gasteiger partial charge in [0.1, 0.15) is 0 Å². The maximum Gasteiger partial charge on any atom is 0.416 e. The third-order valence-electron chi connectivity index (χ3n) is 4.63. The summed E-state index contributed by atoms with van der Waals surface area (Å²) in [6.45, 7) is 2.23. The third-order valence-corrected chi connectivity index (χ3v) is 4.96. The molecule has 0 aliphatic rings. The van der Waals surface area contributed by atoms with E-state index in [4.69, 9.17) is 11.6 Å². The zero-order chi connectivity index (χ0) is 21.7. The number of halogens is 4. The Morgan fingerprint density at radius 1 is 1.00 bits per heavy atom. The highest BCUT2D eigenvalue weighted by Crippen LogP contribution is 2.30. The molecule has 0 radical (unpaired) electrons. The fourth-order valence-corrected chi connectivity index (χ4v) is 3.20. The first-order valence-electron chi connectivity index (χ1n) is 9.29. The smallest absolute Gasteiger partial charge is 0.322 e. The summed E-state index contributed by atoms with van der Waals surface area (Å²) in [7, 11) is 0. The standard InChI is InChI=1S/C23H20ClF3N2O/c1-15(17-7-5-8-18(13-17)23(25,26)27)28-14-16-6-4-9-19(12-16)29-22(30)20-10-2-3-11-21(20)24/h2-13,15,28H,14H2,1H3,(H,29,30). The van der Waals surface area contributed by atoms with Crippen LogP contribution in [0.2, 0.25) is 5.02 Å². The van der Waals surface area contributed by atoms with Crippen molar-refractivity contribution in [3.63, 3.8) is 0 Å². The molecule has 0 aliphatic carbocycles. The normalized spacial score (nSPS) is 12.4. The van der Waals surface area contributed by atoms with Gasteiger partial charge >= 0.3 is 6.18 Å². The molecule has 1 atom stereocenters. The lowest BCUT2D eigenvalue weighted by molar-refractivity contribution is -0.137. The van der Waals surface area contributed by atoms with Crippen molar-refractivity contribution in [2.24, 2.45) is 0 Å². The van der Waals surface area contributed by atoms with Gasteiger partial charge in [-0.2, -0.15) is 13.2 Å². The van der Waals surface area contributed by atoms with E-state index in [9.17, 15) is 18.0 Å². The molecule has 156 valence electrons. The Kier molecular flexibility index (Phi) is 6.80. The second kappa shape index (κ2) is 9.32. The number of amides is 1. The van der Waals surface area contributed by atoms with Crippen molar-refractivity contribution in [2.45, 2.75) is 25.7 Å². The van der Waals surface area contributed by atoms with Gasteiger partial charge in [0.05, 0.1) is 16.1 Å². The number of nitrogens with one attached hydrogen (secondary N) is 2. The molecule has 1 unspecified atom stereocenters. The number of anilines is 1. The van der Waals surface area contributed by atoms with Gasteiger partial charge in [0.15, 0.2) is 0 Å². The Bertz CT molecular complexity index is 1040. The monoisotopic (exact) mass is 432 g/mol. The van der Waals surface area contributed by atoms with Crippen LogP contribution < -0.4 is 10.6 Å². The summed E-state index contributed by atoms with van der Waals surface area (Å²) in [6, 6.07) is 19.0. The largest absolute Gasteiger partial charge is 0.416 e. The number of rotatable bonds is 6. The Hall–Kier alpha value is -2.83. The molecule has 30 heavy (non-hydrogen) atoms. The minimum Gasteiger partial charge on any atom is -0.322 e. The van der Waals surface area contributed by atoms with E-state index in [1.807, 2.05) is 6.07 Å². The molecule has 0 heterocycles. The maximum absolute atomic E-state index is 12.9. The Labute approximate surface area is 177 Å². The lowest BCUT2D eigenvalue weighted by Gasteiger charge is -2.17. The molecule has 0 aromatic heterocycles. The van der Waals surface area contributed by atoms with E-state index in [2.05, 4.69) is 10.6 Å². The summed E-state index contributed by atoms with van der Waals surface area (Å²) >= 11 is 6.06. The summed E-state index contributed by atoms with van der Waals surface area (Å²) in [5.74, 6) is -0.317. The second-order valence-electron chi connectivity index (χ2n) is 6.86. The average Bonchev–Trinajstić information content (AvgIpc) is 2.72. The minimum absolute atomic E-state index is 0.284. The van der Waals surface area contributed by atoms with Crippen molar-refractivity contribution in [1.29, 1.82) is 0 Å². The topological polar surface area (TPSA) is 41.1 Å². The lowest BCUT2D eigenvalue weighted by atomic mass is 10.0. The van der Waals surface area contributed by atoms with Crippen LogP contribution in [0.5, 0.6) is 0 Å². The van der Waals surface area contributed by atoms with Gasteiger partial charge in [0, 0.05) is 18.3 Å². The lowest BCUT2D eigenvalue weighted by Crippen LogP contribution is -2.19. The molecule has 3 rings (SSSR count). The molecule has 7 heteroatoms. The van der Waals surface area contributed by atoms with Crippen LogP contribution >= 0.6 is 11.6 Å². The fourth-order valence-electron chi connectivity index (χ4n) is 2.98. The van der Waals surface area contributed by atoms with Crippen LogP contribution in [0.15, 0.2) is 72.8 Å². The number of hydrogen-bond donors (Lipinski definition) is 2. The number of alkyl halides is 3. The maximum atomic E-state index is 12.9. The minimum atomic E-state index is -4.37. The molecule has 0 bridgehead atoms. The van der Waals surface area contributed by atoms with Crippen LogP contribution in [0.3, 0.4) is 0 Å². The van der Waals surface area contributed by atoms with Crippen molar-refractivity contribution >= 4 is 23.2 Å². The quantitative estimate of drug-likeness (QED) is 0.469. The molecule has 0 fully saturated rings. The molecule has 0 saturated carbocycles. The second-order valence-corrected chi connectivity index (χ2v) is 7.27. The molecule has 1 amide bonds. The summed E-state index contributed by atoms with van der Waals surface area (Å²) in [4.78, 5) is 12.4. The van der Waals surface area contributed by atoms with Gasteiger partial charge in [0.25, 0.3) is 5.91 Å². The first-order valence-corrected chi connectivity index (χ1v) is 9.67. The van der Waals surface area contributed by atoms with Crippen LogP contribution in [-0.2, 0) is 12.7 Å². The Morgan fingerprint density at radius 3 is 2.47 bits per heavy atom. The van der Waals surface area contributed by atoms with Crippen LogP contribution in [0.25, 0.3) is 0 Å². The molecule has 3 nitrogen and oxygen atoms in total. The van der Waals surface area contributed by atoms with E-state index in [0.717, 1.165) is 17.7 Å². The van der Waals surface area contributed by atoms with Crippen molar-refractivity contribution in [3.05, 3.63) is 100 Å². The van der Waals surface area contributed by atoms with E-state index in [-0.39, 0.29) is 11.9 Å².